The summed E-state index contributed by atoms with van der Waals surface area (Å²) in [6, 6.07) is 1.36. The van der Waals surface area contributed by atoms with Gasteiger partial charge in [0.1, 0.15) is 11.9 Å². The number of hydrogen-bond acceptors (Lipinski definition) is 8. The highest BCUT2D eigenvalue weighted by atomic mass is 16.5. The number of nitrogens with zero attached hydrogens (tertiary/aromatic N) is 6. The van der Waals surface area contributed by atoms with Crippen LogP contribution in [0.5, 0.6) is 0 Å². The van der Waals surface area contributed by atoms with Crippen LogP contribution in [0.3, 0.4) is 0 Å². The Bertz CT molecular complexity index is 876. The normalized spacial score (nSPS) is 11.0. The third-order valence-electron chi connectivity index (χ3n) is 2.85. The first kappa shape index (κ1) is 12.9. The average molecular weight is 290 g/mol. The predicted octanol–water partition coefficient (Wildman–Crippen LogP) is -1.84. The number of aromatic nitrogens is 6. The van der Waals surface area contributed by atoms with Crippen molar-refractivity contribution in [2.45, 2.75) is 6.54 Å². The van der Waals surface area contributed by atoms with Gasteiger partial charge in [0.15, 0.2) is 17.1 Å². The molecule has 3 N–H and O–H groups in total. The molecule has 0 radical (unpaired) electrons. The zero-order chi connectivity index (χ0) is 15.0. The molecule has 0 aliphatic carbocycles. The lowest BCUT2D eigenvalue weighted by atomic mass is 10.3. The van der Waals surface area contributed by atoms with Crippen LogP contribution < -0.4 is 16.8 Å². The standard InChI is InChI=1S/C10H10N8O3/c1-17-8-6(3-12-17)10(20)18(16-14-8)4-5-2-7(15-21-5)9(19)13-11/h2-3H,4,11H2,1H3,(H,13,19). The van der Waals surface area contributed by atoms with E-state index < -0.39 is 5.91 Å². The van der Waals surface area contributed by atoms with Crippen LogP contribution in [-0.2, 0) is 13.6 Å². The van der Waals surface area contributed by atoms with Crippen molar-refractivity contribution in [1.82, 2.24) is 35.4 Å². The molecule has 3 rings (SSSR count). The molecule has 1 amide bonds. The zero-order valence-electron chi connectivity index (χ0n) is 10.8. The van der Waals surface area contributed by atoms with Gasteiger partial charge in [-0.25, -0.2) is 15.2 Å². The van der Waals surface area contributed by atoms with Crippen molar-refractivity contribution in [1.29, 1.82) is 0 Å². The van der Waals surface area contributed by atoms with E-state index in [4.69, 9.17) is 10.4 Å². The number of carbonyl (C=O) groups is 1. The Labute approximate surface area is 116 Å². The lowest BCUT2D eigenvalue weighted by Gasteiger charge is -1.99. The molecule has 0 unspecified atom stereocenters. The van der Waals surface area contributed by atoms with E-state index in [0.29, 0.717) is 11.0 Å². The van der Waals surface area contributed by atoms with Crippen LogP contribution in [-0.4, -0.2) is 35.8 Å². The molecule has 0 saturated carbocycles. The van der Waals surface area contributed by atoms with Crippen molar-refractivity contribution in [3.63, 3.8) is 0 Å². The van der Waals surface area contributed by atoms with Crippen LogP contribution in [0, 0.1) is 0 Å². The quantitative estimate of drug-likeness (QED) is 0.325. The highest BCUT2D eigenvalue weighted by molar-refractivity contribution is 5.91. The smallest absolute Gasteiger partial charge is 0.287 e. The van der Waals surface area contributed by atoms with Gasteiger partial charge in [-0.15, -0.1) is 5.10 Å². The summed E-state index contributed by atoms with van der Waals surface area (Å²) in [5.41, 5.74) is 1.96. The fourth-order valence-electron chi connectivity index (χ4n) is 1.80. The van der Waals surface area contributed by atoms with E-state index in [1.165, 1.54) is 16.9 Å². The first-order valence-electron chi connectivity index (χ1n) is 5.82. The van der Waals surface area contributed by atoms with Gasteiger partial charge in [-0.05, 0) is 0 Å². The molecular formula is C10H10N8O3. The fraction of sp³-hybridized carbons (Fsp3) is 0.200. The first-order valence-corrected chi connectivity index (χ1v) is 5.82. The van der Waals surface area contributed by atoms with Crippen LogP contribution in [0.1, 0.15) is 16.2 Å². The van der Waals surface area contributed by atoms with Gasteiger partial charge < -0.3 is 4.52 Å². The molecule has 0 saturated heterocycles. The van der Waals surface area contributed by atoms with Crippen molar-refractivity contribution in [3.05, 3.63) is 34.1 Å². The van der Waals surface area contributed by atoms with E-state index in [2.05, 4.69) is 20.6 Å². The average Bonchev–Trinajstić information content (AvgIpc) is 3.09. The van der Waals surface area contributed by atoms with Gasteiger partial charge in [-0.1, -0.05) is 10.4 Å². The predicted molar refractivity (Wildman–Crippen MR) is 67.8 cm³/mol. The maximum Gasteiger partial charge on any atom is 0.287 e. The third-order valence-corrected chi connectivity index (χ3v) is 2.85. The molecule has 0 spiro atoms. The molecule has 0 aliphatic rings. The second kappa shape index (κ2) is 4.79. The maximum absolute atomic E-state index is 12.2. The van der Waals surface area contributed by atoms with Gasteiger partial charge in [0.05, 0.1) is 6.20 Å². The van der Waals surface area contributed by atoms with Crippen LogP contribution in [0.4, 0.5) is 0 Å². The van der Waals surface area contributed by atoms with Crippen LogP contribution in [0.15, 0.2) is 21.6 Å². The summed E-state index contributed by atoms with van der Waals surface area (Å²) < 4.78 is 7.49. The Morgan fingerprint density at radius 2 is 2.33 bits per heavy atom. The van der Waals surface area contributed by atoms with Crippen molar-refractivity contribution in [2.75, 3.05) is 0 Å². The molecule has 3 aromatic rings. The highest BCUT2D eigenvalue weighted by Crippen LogP contribution is 2.06. The first-order chi connectivity index (χ1) is 10.1. The van der Waals surface area contributed by atoms with Gasteiger partial charge in [0.25, 0.3) is 11.5 Å². The molecule has 0 aliphatic heterocycles. The van der Waals surface area contributed by atoms with Crippen LogP contribution >= 0.6 is 0 Å². The summed E-state index contributed by atoms with van der Waals surface area (Å²) in [4.78, 5) is 23.4. The van der Waals surface area contributed by atoms with E-state index in [-0.39, 0.29) is 23.6 Å². The van der Waals surface area contributed by atoms with Crippen LogP contribution in [0.2, 0.25) is 0 Å². The Morgan fingerprint density at radius 1 is 1.52 bits per heavy atom. The van der Waals surface area contributed by atoms with Gasteiger partial charge in [0, 0.05) is 13.1 Å². The molecular weight excluding hydrogens is 280 g/mol. The third kappa shape index (κ3) is 2.14. The maximum atomic E-state index is 12.2. The second-order valence-corrected chi connectivity index (χ2v) is 4.21. The van der Waals surface area contributed by atoms with Crippen molar-refractivity contribution in [2.24, 2.45) is 12.9 Å². The largest absolute Gasteiger partial charge is 0.359 e. The van der Waals surface area contributed by atoms with Gasteiger partial charge >= 0.3 is 0 Å². The molecule has 0 atom stereocenters. The molecule has 0 aromatic carbocycles. The van der Waals surface area contributed by atoms with Gasteiger partial charge in [-0.2, -0.15) is 5.10 Å². The van der Waals surface area contributed by atoms with E-state index >= 15 is 0 Å². The summed E-state index contributed by atoms with van der Waals surface area (Å²) in [6.45, 7) is -0.0124. The number of fused-ring (bicyclic) bond motifs is 1. The number of hydrogen-bond donors (Lipinski definition) is 2. The number of aryl methyl sites for hydroxylation is 1. The fourth-order valence-corrected chi connectivity index (χ4v) is 1.80. The van der Waals surface area contributed by atoms with E-state index in [0.717, 1.165) is 4.68 Å². The minimum Gasteiger partial charge on any atom is -0.359 e. The van der Waals surface area contributed by atoms with Crippen molar-refractivity contribution < 1.29 is 9.32 Å². The Morgan fingerprint density at radius 3 is 3.10 bits per heavy atom. The SMILES string of the molecule is Cn1ncc2c(=O)n(Cc3cc(C(=O)NN)no3)nnc21. The minimum atomic E-state index is -0.592. The number of nitrogen functional groups attached to an aromatic ring is 1. The number of amides is 1. The summed E-state index contributed by atoms with van der Waals surface area (Å²) in [5.74, 6) is 4.67. The molecule has 3 heterocycles. The number of carbonyl (C=O) groups excluding carboxylic acids is 1. The van der Waals surface area contributed by atoms with E-state index in [1.807, 2.05) is 5.43 Å². The molecule has 11 nitrogen and oxygen atoms in total. The Balaban J connectivity index is 1.95. The zero-order valence-corrected chi connectivity index (χ0v) is 10.8. The number of rotatable bonds is 3. The highest BCUT2D eigenvalue weighted by Gasteiger charge is 2.14. The molecule has 11 heteroatoms. The second-order valence-electron chi connectivity index (χ2n) is 4.21. The lowest BCUT2D eigenvalue weighted by molar-refractivity contribution is 0.0944. The van der Waals surface area contributed by atoms with E-state index in [1.54, 1.807) is 7.05 Å². The lowest BCUT2D eigenvalue weighted by Crippen LogP contribution is -2.30. The molecule has 0 bridgehead atoms. The van der Waals surface area contributed by atoms with Crippen molar-refractivity contribution in [3.8, 4) is 0 Å². The number of hydrazine groups is 1. The van der Waals surface area contributed by atoms with Gasteiger partial charge in [-0.3, -0.25) is 15.0 Å². The number of nitrogens with two attached hydrogens (primary N) is 1. The Hall–Kier alpha value is -3.08. The molecule has 21 heavy (non-hydrogen) atoms. The Kier molecular flexibility index (Phi) is 2.95. The van der Waals surface area contributed by atoms with Gasteiger partial charge in [0.2, 0.25) is 0 Å². The summed E-state index contributed by atoms with van der Waals surface area (Å²) in [7, 11) is 1.66. The summed E-state index contributed by atoms with van der Waals surface area (Å²) in [5, 5.41) is 15.5. The van der Waals surface area contributed by atoms with Crippen molar-refractivity contribution >= 4 is 16.9 Å². The molecule has 0 fully saturated rings. The summed E-state index contributed by atoms with van der Waals surface area (Å²) in [6.07, 6.45) is 1.41. The minimum absolute atomic E-state index is 0.0102. The molecule has 108 valence electrons. The van der Waals surface area contributed by atoms with Crippen LogP contribution in [0.25, 0.3) is 11.0 Å². The topological polar surface area (TPSA) is 147 Å². The monoisotopic (exact) mass is 290 g/mol. The summed E-state index contributed by atoms with van der Waals surface area (Å²) >= 11 is 0. The number of nitrogens with one attached hydrogen (secondary N) is 1. The molecule has 3 aromatic heterocycles. The van der Waals surface area contributed by atoms with E-state index in [9.17, 15) is 9.59 Å².